The van der Waals surface area contributed by atoms with Gasteiger partial charge in [0.15, 0.2) is 0 Å². The minimum absolute atomic E-state index is 0.0318. The summed E-state index contributed by atoms with van der Waals surface area (Å²) in [5, 5.41) is 9.56. The Balaban J connectivity index is 1.59. The number of rotatable bonds is 4. The first-order chi connectivity index (χ1) is 12.8. The van der Waals surface area contributed by atoms with Gasteiger partial charge in [-0.3, -0.25) is 14.5 Å². The van der Waals surface area contributed by atoms with E-state index in [1.807, 2.05) is 18.7 Å². The van der Waals surface area contributed by atoms with Crippen LogP contribution in [0.3, 0.4) is 0 Å². The number of aliphatic carboxylic acids is 1. The number of hydrogen-bond donors (Lipinski definition) is 1. The number of hydrogen-bond acceptors (Lipinski definition) is 3. The molecule has 0 bridgehead atoms. The van der Waals surface area contributed by atoms with Gasteiger partial charge in [-0.15, -0.1) is 0 Å². The summed E-state index contributed by atoms with van der Waals surface area (Å²) in [5.74, 6) is -2.24. The maximum absolute atomic E-state index is 13.0. The smallest absolute Gasteiger partial charge is 0.307 e. The summed E-state index contributed by atoms with van der Waals surface area (Å²) in [4.78, 5) is 28.7. The molecule has 2 atom stereocenters. The van der Waals surface area contributed by atoms with Crippen LogP contribution >= 0.6 is 0 Å². The monoisotopic (exact) mass is 374 g/mol. The molecule has 1 amide bonds. The number of carbonyl (C=O) groups is 2. The van der Waals surface area contributed by atoms with E-state index in [2.05, 4.69) is 4.90 Å². The molecule has 3 rings (SSSR count). The van der Waals surface area contributed by atoms with Gasteiger partial charge >= 0.3 is 5.97 Å². The summed E-state index contributed by atoms with van der Waals surface area (Å²) >= 11 is 0. The summed E-state index contributed by atoms with van der Waals surface area (Å²) in [6.45, 7) is 7.36. The van der Waals surface area contributed by atoms with Crippen LogP contribution in [0.15, 0.2) is 35.4 Å². The Hall–Kier alpha value is -2.21. The summed E-state index contributed by atoms with van der Waals surface area (Å²) in [6, 6.07) is 6.48. The van der Waals surface area contributed by atoms with E-state index in [-0.39, 0.29) is 11.7 Å². The Morgan fingerprint density at radius 1 is 1.00 bits per heavy atom. The van der Waals surface area contributed by atoms with E-state index in [0.717, 1.165) is 36.3 Å². The molecule has 0 unspecified atom stereocenters. The number of benzene rings is 1. The van der Waals surface area contributed by atoms with Crippen LogP contribution in [0, 0.1) is 17.7 Å². The van der Waals surface area contributed by atoms with Crippen molar-refractivity contribution in [1.82, 2.24) is 9.80 Å². The van der Waals surface area contributed by atoms with Crippen LogP contribution in [-0.4, -0.2) is 53.0 Å². The van der Waals surface area contributed by atoms with Crippen LogP contribution in [-0.2, 0) is 16.1 Å². The fourth-order valence-electron chi connectivity index (χ4n) is 4.02. The third-order valence-electron chi connectivity index (χ3n) is 5.90. The number of allylic oxidation sites excluding steroid dienone is 2. The average molecular weight is 374 g/mol. The largest absolute Gasteiger partial charge is 0.481 e. The van der Waals surface area contributed by atoms with Crippen LogP contribution in [0.4, 0.5) is 4.39 Å². The Labute approximate surface area is 159 Å². The molecule has 1 aromatic carbocycles. The average Bonchev–Trinajstić information content (AvgIpc) is 2.65. The van der Waals surface area contributed by atoms with E-state index in [9.17, 15) is 19.1 Å². The Morgan fingerprint density at radius 3 is 2.11 bits per heavy atom. The lowest BCUT2D eigenvalue weighted by molar-refractivity contribution is -0.151. The lowest BCUT2D eigenvalue weighted by Crippen LogP contribution is -2.51. The van der Waals surface area contributed by atoms with Crippen molar-refractivity contribution in [3.05, 3.63) is 46.8 Å². The molecule has 2 aliphatic rings. The fraction of sp³-hybridized carbons (Fsp3) is 0.524. The van der Waals surface area contributed by atoms with E-state index >= 15 is 0 Å². The van der Waals surface area contributed by atoms with Gasteiger partial charge in [0.1, 0.15) is 5.82 Å². The van der Waals surface area contributed by atoms with Gasteiger partial charge in [-0.05, 0) is 44.4 Å². The number of nitrogens with zero attached hydrogens (tertiary/aromatic N) is 2. The second-order valence-electron chi connectivity index (χ2n) is 7.75. The zero-order valence-corrected chi connectivity index (χ0v) is 15.9. The van der Waals surface area contributed by atoms with Crippen molar-refractivity contribution < 1.29 is 19.1 Å². The molecule has 146 valence electrons. The quantitative estimate of drug-likeness (QED) is 0.824. The van der Waals surface area contributed by atoms with Crippen molar-refractivity contribution in [2.75, 3.05) is 26.2 Å². The Bertz CT molecular complexity index is 736. The van der Waals surface area contributed by atoms with Gasteiger partial charge < -0.3 is 10.0 Å². The summed E-state index contributed by atoms with van der Waals surface area (Å²) in [5.41, 5.74) is 3.28. The lowest BCUT2D eigenvalue weighted by Gasteiger charge is -2.38. The number of carbonyl (C=O) groups excluding carboxylic acids is 1. The minimum atomic E-state index is -0.879. The van der Waals surface area contributed by atoms with E-state index in [4.69, 9.17) is 0 Å². The van der Waals surface area contributed by atoms with Gasteiger partial charge in [0.2, 0.25) is 5.91 Å². The van der Waals surface area contributed by atoms with E-state index in [1.165, 1.54) is 12.1 Å². The van der Waals surface area contributed by atoms with Gasteiger partial charge in [-0.1, -0.05) is 23.3 Å². The zero-order chi connectivity index (χ0) is 19.6. The van der Waals surface area contributed by atoms with Crippen molar-refractivity contribution in [2.24, 2.45) is 11.8 Å². The molecule has 1 heterocycles. The molecule has 1 aliphatic carbocycles. The highest BCUT2D eigenvalue weighted by Gasteiger charge is 2.39. The van der Waals surface area contributed by atoms with Crippen LogP contribution in [0.2, 0.25) is 0 Å². The molecular weight excluding hydrogens is 347 g/mol. The summed E-state index contributed by atoms with van der Waals surface area (Å²) in [6.07, 6.45) is 1.000. The molecule has 0 aromatic heterocycles. The highest BCUT2D eigenvalue weighted by atomic mass is 19.1. The number of carboxylic acids is 1. The molecule has 1 fully saturated rings. The molecule has 27 heavy (non-hydrogen) atoms. The SMILES string of the molecule is CC1=C(C)C[C@@H](C(=O)N2CCN(Cc3ccc(F)cc3)CC2)[C@H](C(=O)O)C1. The normalized spacial score (nSPS) is 24.2. The molecule has 1 aromatic rings. The number of halogens is 1. The van der Waals surface area contributed by atoms with Gasteiger partial charge in [0.05, 0.1) is 11.8 Å². The van der Waals surface area contributed by atoms with Crippen molar-refractivity contribution in [3.63, 3.8) is 0 Å². The molecule has 5 nitrogen and oxygen atoms in total. The Morgan fingerprint density at radius 2 is 1.56 bits per heavy atom. The third-order valence-corrected chi connectivity index (χ3v) is 5.90. The fourth-order valence-corrected chi connectivity index (χ4v) is 4.02. The van der Waals surface area contributed by atoms with Crippen molar-refractivity contribution in [2.45, 2.75) is 33.2 Å². The summed E-state index contributed by atoms with van der Waals surface area (Å²) < 4.78 is 13.0. The molecule has 1 N–H and O–H groups in total. The first-order valence-corrected chi connectivity index (χ1v) is 9.48. The van der Waals surface area contributed by atoms with Crippen LogP contribution in [0.25, 0.3) is 0 Å². The van der Waals surface area contributed by atoms with Crippen molar-refractivity contribution >= 4 is 11.9 Å². The van der Waals surface area contributed by atoms with Gasteiger partial charge in [-0.25, -0.2) is 4.39 Å². The van der Waals surface area contributed by atoms with E-state index < -0.39 is 17.8 Å². The maximum atomic E-state index is 13.0. The standard InChI is InChI=1S/C21H27FN2O3/c1-14-11-18(19(21(26)27)12-15(14)2)20(25)24-9-7-23(8-10-24)13-16-3-5-17(22)6-4-16/h3-6,18-19H,7-13H2,1-2H3,(H,26,27)/t18-,19-/m1/s1. The zero-order valence-electron chi connectivity index (χ0n) is 15.9. The maximum Gasteiger partial charge on any atom is 0.307 e. The second kappa shape index (κ2) is 8.21. The summed E-state index contributed by atoms with van der Waals surface area (Å²) in [7, 11) is 0. The van der Waals surface area contributed by atoms with Gasteiger partial charge in [0, 0.05) is 32.7 Å². The highest BCUT2D eigenvalue weighted by molar-refractivity contribution is 5.85. The molecule has 0 spiro atoms. The topological polar surface area (TPSA) is 60.9 Å². The van der Waals surface area contributed by atoms with Crippen LogP contribution < -0.4 is 0 Å². The number of amides is 1. The minimum Gasteiger partial charge on any atom is -0.481 e. The number of piperazine rings is 1. The molecule has 0 saturated carbocycles. The molecular formula is C21H27FN2O3. The first-order valence-electron chi connectivity index (χ1n) is 9.48. The number of carboxylic acid groups (broad SMARTS) is 1. The molecule has 1 aliphatic heterocycles. The first kappa shape index (κ1) is 19.5. The third kappa shape index (κ3) is 4.56. The molecule has 6 heteroatoms. The van der Waals surface area contributed by atoms with Gasteiger partial charge in [0.25, 0.3) is 0 Å². The van der Waals surface area contributed by atoms with Crippen LogP contribution in [0.1, 0.15) is 32.3 Å². The second-order valence-corrected chi connectivity index (χ2v) is 7.75. The molecule has 0 radical (unpaired) electrons. The lowest BCUT2D eigenvalue weighted by atomic mass is 9.76. The van der Waals surface area contributed by atoms with Crippen molar-refractivity contribution in [1.29, 1.82) is 0 Å². The van der Waals surface area contributed by atoms with E-state index in [0.29, 0.717) is 25.9 Å². The highest BCUT2D eigenvalue weighted by Crippen LogP contribution is 2.35. The predicted octanol–water partition coefficient (Wildman–Crippen LogP) is 2.92. The van der Waals surface area contributed by atoms with Crippen molar-refractivity contribution in [3.8, 4) is 0 Å². The van der Waals surface area contributed by atoms with Crippen LogP contribution in [0.5, 0.6) is 0 Å². The van der Waals surface area contributed by atoms with Gasteiger partial charge in [-0.2, -0.15) is 0 Å². The van der Waals surface area contributed by atoms with E-state index in [1.54, 1.807) is 12.1 Å². The molecule has 1 saturated heterocycles. The Kier molecular flexibility index (Phi) is 5.95. The predicted molar refractivity (Wildman–Crippen MR) is 100 cm³/mol.